The maximum absolute atomic E-state index is 12.7. The molecule has 8 heteroatoms. The van der Waals surface area contributed by atoms with Crippen LogP contribution in [0.5, 0.6) is 0 Å². The Labute approximate surface area is 135 Å². The van der Waals surface area contributed by atoms with Crippen molar-refractivity contribution >= 4 is 39.6 Å². The van der Waals surface area contributed by atoms with E-state index in [1.54, 1.807) is 21.6 Å². The second-order valence-electron chi connectivity index (χ2n) is 5.10. The van der Waals surface area contributed by atoms with E-state index in [-0.39, 0.29) is 5.91 Å². The van der Waals surface area contributed by atoms with Crippen LogP contribution in [0.15, 0.2) is 24.4 Å². The van der Waals surface area contributed by atoms with E-state index in [0.29, 0.717) is 34.7 Å². The van der Waals surface area contributed by atoms with Crippen LogP contribution in [-0.2, 0) is 13.0 Å². The third kappa shape index (κ3) is 2.13. The average Bonchev–Trinajstić information content (AvgIpc) is 3.08. The van der Waals surface area contributed by atoms with Gasteiger partial charge in [0.25, 0.3) is 5.91 Å². The van der Waals surface area contributed by atoms with E-state index < -0.39 is 0 Å². The third-order valence-corrected chi connectivity index (χ3v) is 4.92. The van der Waals surface area contributed by atoms with Gasteiger partial charge in [-0.05, 0) is 12.1 Å². The molecule has 1 aliphatic rings. The number of rotatable bonds is 1. The number of aromatic nitrogens is 3. The highest BCUT2D eigenvalue weighted by atomic mass is 35.5. The van der Waals surface area contributed by atoms with Gasteiger partial charge in [0.1, 0.15) is 16.5 Å². The first kappa shape index (κ1) is 13.5. The van der Waals surface area contributed by atoms with E-state index >= 15 is 0 Å². The van der Waals surface area contributed by atoms with Gasteiger partial charge in [-0.3, -0.25) is 9.20 Å². The van der Waals surface area contributed by atoms with Gasteiger partial charge < -0.3 is 10.6 Å². The molecule has 0 saturated carbocycles. The summed E-state index contributed by atoms with van der Waals surface area (Å²) >= 11 is 7.55. The van der Waals surface area contributed by atoms with E-state index in [4.69, 9.17) is 17.3 Å². The number of nitrogens with zero attached hydrogens (tertiary/aromatic N) is 4. The van der Waals surface area contributed by atoms with Gasteiger partial charge in [0, 0.05) is 24.0 Å². The van der Waals surface area contributed by atoms with Crippen molar-refractivity contribution in [3.63, 3.8) is 0 Å². The van der Waals surface area contributed by atoms with Gasteiger partial charge in [-0.25, -0.2) is 9.97 Å². The lowest BCUT2D eigenvalue weighted by atomic mass is 10.1. The Morgan fingerprint density at radius 2 is 2.23 bits per heavy atom. The minimum Gasteiger partial charge on any atom is -0.375 e. The van der Waals surface area contributed by atoms with Crippen molar-refractivity contribution in [1.29, 1.82) is 0 Å². The normalized spacial score (nSPS) is 14.3. The molecule has 22 heavy (non-hydrogen) atoms. The number of pyridine rings is 1. The summed E-state index contributed by atoms with van der Waals surface area (Å²) in [6.45, 7) is 1.15. The number of carbonyl (C=O) groups excluding carboxylic acids is 1. The van der Waals surface area contributed by atoms with Crippen molar-refractivity contribution in [2.24, 2.45) is 0 Å². The zero-order valence-electron chi connectivity index (χ0n) is 11.5. The van der Waals surface area contributed by atoms with E-state index in [1.807, 2.05) is 12.1 Å². The monoisotopic (exact) mass is 333 g/mol. The number of fused-ring (bicyclic) bond motifs is 2. The van der Waals surface area contributed by atoms with Crippen LogP contribution in [0.3, 0.4) is 0 Å². The Hall–Kier alpha value is -2.12. The van der Waals surface area contributed by atoms with Gasteiger partial charge >= 0.3 is 0 Å². The second kappa shape index (κ2) is 4.96. The lowest BCUT2D eigenvalue weighted by Gasteiger charge is -2.25. The molecule has 4 rings (SSSR count). The zero-order valence-corrected chi connectivity index (χ0v) is 13.1. The predicted molar refractivity (Wildman–Crippen MR) is 85.2 cm³/mol. The van der Waals surface area contributed by atoms with Crippen LogP contribution in [0.4, 0.5) is 5.13 Å². The van der Waals surface area contributed by atoms with Gasteiger partial charge in [0.05, 0.1) is 12.2 Å². The van der Waals surface area contributed by atoms with Gasteiger partial charge in [0.15, 0.2) is 5.13 Å². The summed E-state index contributed by atoms with van der Waals surface area (Å²) in [5.41, 5.74) is 7.80. The molecule has 0 radical (unpaired) electrons. The topological polar surface area (TPSA) is 76.5 Å². The van der Waals surface area contributed by atoms with Crippen LogP contribution >= 0.6 is 22.9 Å². The molecule has 0 aliphatic carbocycles. The summed E-state index contributed by atoms with van der Waals surface area (Å²) in [6.07, 6.45) is 2.40. The maximum Gasteiger partial charge on any atom is 0.274 e. The lowest BCUT2D eigenvalue weighted by molar-refractivity contribution is 0.0731. The third-order valence-electron chi connectivity index (χ3n) is 3.70. The first-order valence-corrected chi connectivity index (χ1v) is 7.98. The van der Waals surface area contributed by atoms with E-state index in [2.05, 4.69) is 9.97 Å². The highest BCUT2D eigenvalue weighted by Crippen LogP contribution is 2.27. The number of halogens is 1. The molecule has 0 atom stereocenters. The number of anilines is 1. The predicted octanol–water partition coefficient (Wildman–Crippen LogP) is 2.22. The molecule has 0 fully saturated rings. The summed E-state index contributed by atoms with van der Waals surface area (Å²) in [6, 6.07) is 5.39. The fourth-order valence-corrected chi connectivity index (χ4v) is 3.73. The molecular formula is C14H12ClN5OS. The first-order chi connectivity index (χ1) is 10.6. The zero-order chi connectivity index (χ0) is 15.3. The molecule has 0 bridgehead atoms. The molecule has 3 aromatic rings. The van der Waals surface area contributed by atoms with Crippen LogP contribution < -0.4 is 5.73 Å². The molecule has 0 unspecified atom stereocenters. The molecular weight excluding hydrogens is 322 g/mol. The first-order valence-electron chi connectivity index (χ1n) is 6.79. The molecule has 1 amide bonds. The van der Waals surface area contributed by atoms with Gasteiger partial charge in [-0.15, -0.1) is 11.3 Å². The minimum atomic E-state index is -0.0996. The highest BCUT2D eigenvalue weighted by Gasteiger charge is 2.26. The SMILES string of the molecule is Nc1nc2c(s1)CN(C(=O)c1cn3c(Cl)cccc3n1)CC2. The molecule has 2 N–H and O–H groups in total. The summed E-state index contributed by atoms with van der Waals surface area (Å²) in [5.74, 6) is -0.0996. The van der Waals surface area contributed by atoms with Gasteiger partial charge in [-0.1, -0.05) is 17.7 Å². The highest BCUT2D eigenvalue weighted by molar-refractivity contribution is 7.15. The van der Waals surface area contributed by atoms with Crippen LogP contribution in [0.25, 0.3) is 5.65 Å². The van der Waals surface area contributed by atoms with E-state index in [9.17, 15) is 4.79 Å². The smallest absolute Gasteiger partial charge is 0.274 e. The van der Waals surface area contributed by atoms with Crippen LogP contribution in [-0.4, -0.2) is 31.7 Å². The van der Waals surface area contributed by atoms with E-state index in [1.165, 1.54) is 11.3 Å². The molecule has 1 aliphatic heterocycles. The van der Waals surface area contributed by atoms with Crippen molar-refractivity contribution in [3.8, 4) is 0 Å². The average molecular weight is 334 g/mol. The summed E-state index contributed by atoms with van der Waals surface area (Å²) in [4.78, 5) is 24.1. The van der Waals surface area contributed by atoms with Crippen molar-refractivity contribution in [2.75, 3.05) is 12.3 Å². The maximum atomic E-state index is 12.7. The number of hydrogen-bond donors (Lipinski definition) is 1. The van der Waals surface area contributed by atoms with Gasteiger partial charge in [0.2, 0.25) is 0 Å². The second-order valence-corrected chi connectivity index (χ2v) is 6.60. The number of imidazole rings is 1. The Bertz CT molecular complexity index is 887. The fourth-order valence-electron chi connectivity index (χ4n) is 2.63. The Balaban J connectivity index is 1.65. The summed E-state index contributed by atoms with van der Waals surface area (Å²) < 4.78 is 1.70. The van der Waals surface area contributed by atoms with Crippen LogP contribution in [0.1, 0.15) is 21.1 Å². The number of nitrogens with two attached hydrogens (primary N) is 1. The number of carbonyl (C=O) groups is 1. The van der Waals surface area contributed by atoms with Crippen molar-refractivity contribution in [3.05, 3.63) is 45.8 Å². The lowest BCUT2D eigenvalue weighted by Crippen LogP contribution is -2.35. The van der Waals surface area contributed by atoms with Crippen LogP contribution in [0.2, 0.25) is 5.15 Å². The quantitative estimate of drug-likeness (QED) is 0.693. The molecule has 0 spiro atoms. The summed E-state index contributed by atoms with van der Waals surface area (Å²) in [5, 5.41) is 1.08. The largest absolute Gasteiger partial charge is 0.375 e. The Morgan fingerprint density at radius 3 is 3.05 bits per heavy atom. The molecule has 4 heterocycles. The number of thiazole rings is 1. The minimum absolute atomic E-state index is 0.0996. The van der Waals surface area contributed by atoms with Crippen molar-refractivity contribution < 1.29 is 4.79 Å². The molecule has 6 nitrogen and oxygen atoms in total. The number of amides is 1. The van der Waals surface area contributed by atoms with Gasteiger partial charge in [-0.2, -0.15) is 0 Å². The van der Waals surface area contributed by atoms with Crippen LogP contribution in [0, 0.1) is 0 Å². The number of hydrogen-bond acceptors (Lipinski definition) is 5. The molecule has 112 valence electrons. The Morgan fingerprint density at radius 1 is 1.36 bits per heavy atom. The van der Waals surface area contributed by atoms with Crippen molar-refractivity contribution in [2.45, 2.75) is 13.0 Å². The molecule has 3 aromatic heterocycles. The molecule has 0 saturated heterocycles. The number of nitrogen functional groups attached to an aromatic ring is 1. The van der Waals surface area contributed by atoms with E-state index in [0.717, 1.165) is 17.0 Å². The Kier molecular flexibility index (Phi) is 3.05. The fraction of sp³-hybridized carbons (Fsp3) is 0.214. The standard InChI is InChI=1S/C14H12ClN5OS/c15-11-2-1-3-12-17-9(6-20(11)12)13(21)19-5-4-8-10(7-19)22-14(16)18-8/h1-3,6H,4-5,7H2,(H2,16,18). The molecule has 0 aromatic carbocycles. The summed E-state index contributed by atoms with van der Waals surface area (Å²) in [7, 11) is 0. The van der Waals surface area contributed by atoms with Crippen molar-refractivity contribution in [1.82, 2.24) is 19.3 Å².